The third-order valence-corrected chi connectivity index (χ3v) is 5.14. The van der Waals surface area contributed by atoms with Gasteiger partial charge in [-0.2, -0.15) is 9.97 Å². The van der Waals surface area contributed by atoms with E-state index in [-0.39, 0.29) is 5.95 Å². The molecular weight excluding hydrogens is 464 g/mol. The predicted octanol–water partition coefficient (Wildman–Crippen LogP) is 5.32. The van der Waals surface area contributed by atoms with E-state index in [0.29, 0.717) is 48.1 Å². The van der Waals surface area contributed by atoms with Gasteiger partial charge >= 0.3 is 0 Å². The zero-order valence-corrected chi connectivity index (χ0v) is 19.5. The van der Waals surface area contributed by atoms with Crippen molar-refractivity contribution in [3.8, 4) is 34.8 Å². The molecule has 0 fully saturated rings. The van der Waals surface area contributed by atoms with Gasteiger partial charge in [0.05, 0.1) is 6.07 Å². The third-order valence-electron chi connectivity index (χ3n) is 4.90. The van der Waals surface area contributed by atoms with E-state index in [2.05, 4.69) is 20.6 Å². The number of rotatable bonds is 7. The highest BCUT2D eigenvalue weighted by Gasteiger charge is 2.13. The molecule has 176 valence electrons. The molecule has 1 aromatic heterocycles. The van der Waals surface area contributed by atoms with Gasteiger partial charge < -0.3 is 29.6 Å². The fourth-order valence-corrected chi connectivity index (χ4v) is 3.47. The normalized spacial score (nSPS) is 11.9. The summed E-state index contributed by atoms with van der Waals surface area (Å²) in [7, 11) is 0. The zero-order chi connectivity index (χ0) is 23.9. The van der Waals surface area contributed by atoms with Crippen molar-refractivity contribution in [2.45, 2.75) is 6.54 Å². The monoisotopic (exact) mass is 486 g/mol. The van der Waals surface area contributed by atoms with Gasteiger partial charge in [0.25, 0.3) is 0 Å². The van der Waals surface area contributed by atoms with Crippen LogP contribution in [0.25, 0.3) is 0 Å². The highest BCUT2D eigenvalue weighted by atomic mass is 32.1. The van der Waals surface area contributed by atoms with Crippen LogP contribution in [-0.2, 0) is 6.54 Å². The standard InChI is InChI=1S/C26H22N4O4S/c35-26(27-17-18-11-12-21-22(15-18)32-14-13-31-21)30-25-28-23(33-19-7-3-1-4-8-19)16-24(29-25)34-20-9-5-2-6-10-20/h1-12,15-16H,13-14,17H2,(H2,27,28,29,30,35). The van der Waals surface area contributed by atoms with E-state index in [1.807, 2.05) is 78.9 Å². The lowest BCUT2D eigenvalue weighted by Gasteiger charge is -2.19. The van der Waals surface area contributed by atoms with Crippen LogP contribution in [0, 0.1) is 0 Å². The first-order valence-corrected chi connectivity index (χ1v) is 11.4. The molecule has 0 unspecified atom stereocenters. The maximum absolute atomic E-state index is 5.90. The first kappa shape index (κ1) is 22.4. The number of benzene rings is 3. The van der Waals surface area contributed by atoms with E-state index in [4.69, 9.17) is 31.2 Å². The molecule has 0 aliphatic carbocycles. The SMILES string of the molecule is S=C(NCc1ccc2c(c1)OCCO2)Nc1nc(Oc2ccccc2)cc(Oc2ccccc2)n1. The van der Waals surface area contributed by atoms with Crippen molar-refractivity contribution in [1.82, 2.24) is 15.3 Å². The maximum atomic E-state index is 5.90. The van der Waals surface area contributed by atoms with Gasteiger partial charge in [0.1, 0.15) is 24.7 Å². The second kappa shape index (κ2) is 10.7. The summed E-state index contributed by atoms with van der Waals surface area (Å²) in [4.78, 5) is 8.87. The average molecular weight is 487 g/mol. The average Bonchev–Trinajstić information content (AvgIpc) is 2.88. The van der Waals surface area contributed by atoms with Crippen LogP contribution in [0.1, 0.15) is 5.56 Å². The van der Waals surface area contributed by atoms with Crippen LogP contribution in [0.2, 0.25) is 0 Å². The molecule has 0 amide bonds. The van der Waals surface area contributed by atoms with Gasteiger partial charge in [-0.25, -0.2) is 0 Å². The van der Waals surface area contributed by atoms with E-state index >= 15 is 0 Å². The van der Waals surface area contributed by atoms with Crippen LogP contribution >= 0.6 is 12.2 Å². The number of fused-ring (bicyclic) bond motifs is 1. The molecule has 2 heterocycles. The van der Waals surface area contributed by atoms with Gasteiger partial charge in [-0.15, -0.1) is 0 Å². The minimum Gasteiger partial charge on any atom is -0.486 e. The number of para-hydroxylation sites is 2. The van der Waals surface area contributed by atoms with Crippen molar-refractivity contribution in [2.75, 3.05) is 18.5 Å². The number of hydrogen-bond donors (Lipinski definition) is 2. The molecule has 3 aromatic carbocycles. The lowest BCUT2D eigenvalue weighted by Crippen LogP contribution is -2.28. The number of nitrogens with zero attached hydrogens (tertiary/aromatic N) is 2. The smallest absolute Gasteiger partial charge is 0.235 e. The summed E-state index contributed by atoms with van der Waals surface area (Å²) >= 11 is 5.46. The Balaban J connectivity index is 1.29. The number of anilines is 1. The van der Waals surface area contributed by atoms with Crippen LogP contribution < -0.4 is 29.6 Å². The summed E-state index contributed by atoms with van der Waals surface area (Å²) < 4.78 is 23.0. The summed E-state index contributed by atoms with van der Waals surface area (Å²) in [5.41, 5.74) is 0.994. The lowest BCUT2D eigenvalue weighted by molar-refractivity contribution is 0.171. The number of aromatic nitrogens is 2. The molecule has 0 saturated heterocycles. The first-order chi connectivity index (χ1) is 17.2. The maximum Gasteiger partial charge on any atom is 0.235 e. The summed E-state index contributed by atoms with van der Waals surface area (Å²) in [5.74, 6) is 3.62. The minimum atomic E-state index is 0.240. The minimum absolute atomic E-state index is 0.240. The number of ether oxygens (including phenoxy) is 4. The molecule has 1 aliphatic rings. The molecule has 0 radical (unpaired) electrons. The molecular formula is C26H22N4O4S. The van der Waals surface area contributed by atoms with Crippen LogP contribution in [0.3, 0.4) is 0 Å². The van der Waals surface area contributed by atoms with Crippen LogP contribution in [0.5, 0.6) is 34.8 Å². The van der Waals surface area contributed by atoms with Gasteiger partial charge in [-0.1, -0.05) is 42.5 Å². The van der Waals surface area contributed by atoms with Crippen molar-refractivity contribution in [1.29, 1.82) is 0 Å². The Hall–Kier alpha value is -4.37. The Kier molecular flexibility index (Phi) is 6.86. The van der Waals surface area contributed by atoms with E-state index in [1.54, 1.807) is 6.07 Å². The van der Waals surface area contributed by atoms with Gasteiger partial charge in [0, 0.05) is 6.54 Å². The summed E-state index contributed by atoms with van der Waals surface area (Å²) in [6.45, 7) is 1.58. The molecule has 0 saturated carbocycles. The molecule has 5 rings (SSSR count). The molecule has 0 spiro atoms. The van der Waals surface area contributed by atoms with E-state index in [1.165, 1.54) is 0 Å². The second-order valence-corrected chi connectivity index (χ2v) is 7.89. The Morgan fingerprint density at radius 2 is 1.37 bits per heavy atom. The molecule has 0 bridgehead atoms. The van der Waals surface area contributed by atoms with Gasteiger partial charge in [0.2, 0.25) is 17.7 Å². The van der Waals surface area contributed by atoms with Gasteiger partial charge in [0.15, 0.2) is 16.6 Å². The van der Waals surface area contributed by atoms with Crippen molar-refractivity contribution < 1.29 is 18.9 Å². The lowest BCUT2D eigenvalue weighted by atomic mass is 10.2. The fraction of sp³-hybridized carbons (Fsp3) is 0.115. The number of nitrogens with one attached hydrogen (secondary N) is 2. The van der Waals surface area contributed by atoms with Gasteiger partial charge in [-0.05, 0) is 54.2 Å². The van der Waals surface area contributed by atoms with E-state index in [0.717, 1.165) is 17.1 Å². The zero-order valence-electron chi connectivity index (χ0n) is 18.6. The highest BCUT2D eigenvalue weighted by Crippen LogP contribution is 2.31. The van der Waals surface area contributed by atoms with Crippen molar-refractivity contribution in [2.24, 2.45) is 0 Å². The Bertz CT molecular complexity index is 1250. The highest BCUT2D eigenvalue weighted by molar-refractivity contribution is 7.80. The predicted molar refractivity (Wildman–Crippen MR) is 136 cm³/mol. The van der Waals surface area contributed by atoms with Crippen LogP contribution in [0.15, 0.2) is 84.9 Å². The first-order valence-electron chi connectivity index (χ1n) is 11.0. The molecule has 1 aliphatic heterocycles. The van der Waals surface area contributed by atoms with Gasteiger partial charge in [-0.3, -0.25) is 0 Å². The number of thiocarbonyl (C=S) groups is 1. The Labute approximate surface area is 207 Å². The number of hydrogen-bond acceptors (Lipinski definition) is 7. The van der Waals surface area contributed by atoms with E-state index in [9.17, 15) is 0 Å². The van der Waals surface area contributed by atoms with Crippen LogP contribution in [-0.4, -0.2) is 28.3 Å². The largest absolute Gasteiger partial charge is 0.486 e. The Morgan fingerprint density at radius 1 is 0.771 bits per heavy atom. The van der Waals surface area contributed by atoms with Crippen molar-refractivity contribution >= 4 is 23.3 Å². The molecule has 4 aromatic rings. The molecule has 8 nitrogen and oxygen atoms in total. The van der Waals surface area contributed by atoms with Crippen molar-refractivity contribution in [3.63, 3.8) is 0 Å². The topological polar surface area (TPSA) is 86.8 Å². The summed E-state index contributed by atoms with van der Waals surface area (Å²) in [6, 6.07) is 26.1. The molecule has 0 atom stereocenters. The fourth-order valence-electron chi connectivity index (χ4n) is 3.31. The molecule has 2 N–H and O–H groups in total. The quantitative estimate of drug-likeness (QED) is 0.337. The third kappa shape index (κ3) is 6.15. The molecule has 9 heteroatoms. The summed E-state index contributed by atoms with van der Waals surface area (Å²) in [5, 5.41) is 6.51. The van der Waals surface area contributed by atoms with E-state index < -0.39 is 0 Å². The summed E-state index contributed by atoms with van der Waals surface area (Å²) in [6.07, 6.45) is 0. The van der Waals surface area contributed by atoms with Crippen molar-refractivity contribution in [3.05, 3.63) is 90.5 Å². The molecule has 35 heavy (non-hydrogen) atoms. The second-order valence-electron chi connectivity index (χ2n) is 7.48. The Morgan fingerprint density at radius 3 is 2.00 bits per heavy atom. The van der Waals surface area contributed by atoms with Crippen LogP contribution in [0.4, 0.5) is 5.95 Å².